The molecule has 1 aromatic heterocycles. The van der Waals surface area contributed by atoms with Gasteiger partial charge in [-0.05, 0) is 50.5 Å². The van der Waals surface area contributed by atoms with E-state index in [1.165, 1.54) is 6.92 Å². The summed E-state index contributed by atoms with van der Waals surface area (Å²) in [7, 11) is 1.75. The number of ether oxygens (including phenoxy) is 1. The molecule has 3 N–H and O–H groups in total. The summed E-state index contributed by atoms with van der Waals surface area (Å²) < 4.78 is 7.39. The monoisotopic (exact) mass is 570 g/mol. The van der Waals surface area contributed by atoms with Gasteiger partial charge >= 0.3 is 5.97 Å². The number of hydrogen-bond donors (Lipinski definition) is 3. The van der Waals surface area contributed by atoms with Gasteiger partial charge in [0.1, 0.15) is 11.6 Å². The SMILES string of the molecule is CC(=O)N[C@H](CC(=O)O)c1nc(-c2ccc(C[C@@H](CCO)N(C=O)c3ccc(OC(C)C)c(Cl)c3)cc2)cn1C. The van der Waals surface area contributed by atoms with Crippen LogP contribution in [0.2, 0.25) is 5.02 Å². The molecule has 10 nitrogen and oxygen atoms in total. The first-order valence-corrected chi connectivity index (χ1v) is 13.3. The van der Waals surface area contributed by atoms with E-state index in [2.05, 4.69) is 10.3 Å². The maximum absolute atomic E-state index is 12.1. The van der Waals surface area contributed by atoms with E-state index < -0.39 is 12.0 Å². The first kappa shape index (κ1) is 30.6. The Balaban J connectivity index is 1.81. The van der Waals surface area contributed by atoms with E-state index in [1.54, 1.807) is 40.9 Å². The molecule has 2 aromatic carbocycles. The molecular formula is C29H35ClN4O6. The fourth-order valence-corrected chi connectivity index (χ4v) is 4.72. The number of rotatable bonds is 14. The zero-order valence-electron chi connectivity index (χ0n) is 23.0. The van der Waals surface area contributed by atoms with Crippen LogP contribution in [0.5, 0.6) is 5.75 Å². The third kappa shape index (κ3) is 8.06. The number of carbonyl (C=O) groups excluding carboxylic acids is 2. The Hall–Kier alpha value is -3.89. The lowest BCUT2D eigenvalue weighted by atomic mass is 10.00. The Kier molecular flexibility index (Phi) is 10.7. The predicted octanol–water partition coefficient (Wildman–Crippen LogP) is 4.14. The lowest BCUT2D eigenvalue weighted by Crippen LogP contribution is -2.36. The van der Waals surface area contributed by atoms with Crippen molar-refractivity contribution in [2.75, 3.05) is 11.5 Å². The van der Waals surface area contributed by atoms with Crippen molar-refractivity contribution in [3.8, 4) is 17.0 Å². The van der Waals surface area contributed by atoms with Gasteiger partial charge in [0.2, 0.25) is 12.3 Å². The van der Waals surface area contributed by atoms with Crippen LogP contribution in [0.4, 0.5) is 5.69 Å². The van der Waals surface area contributed by atoms with Gasteiger partial charge < -0.3 is 29.7 Å². The molecule has 0 bridgehead atoms. The van der Waals surface area contributed by atoms with Gasteiger partial charge in [0, 0.05) is 44.1 Å². The van der Waals surface area contributed by atoms with Crippen molar-refractivity contribution in [2.45, 2.75) is 58.2 Å². The second-order valence-corrected chi connectivity index (χ2v) is 10.2. The third-order valence-electron chi connectivity index (χ3n) is 6.25. The van der Waals surface area contributed by atoms with Crippen molar-refractivity contribution < 1.29 is 29.3 Å². The van der Waals surface area contributed by atoms with Crippen LogP contribution in [-0.4, -0.2) is 56.8 Å². The number of carbonyl (C=O) groups is 3. The molecule has 0 unspecified atom stereocenters. The first-order chi connectivity index (χ1) is 19.0. The molecule has 0 saturated carbocycles. The van der Waals surface area contributed by atoms with Gasteiger partial charge in [-0.3, -0.25) is 14.4 Å². The predicted molar refractivity (Wildman–Crippen MR) is 152 cm³/mol. The van der Waals surface area contributed by atoms with Crippen molar-refractivity contribution in [1.29, 1.82) is 0 Å². The van der Waals surface area contributed by atoms with E-state index in [0.717, 1.165) is 17.5 Å². The van der Waals surface area contributed by atoms with Crippen molar-refractivity contribution in [1.82, 2.24) is 14.9 Å². The Bertz CT molecular complexity index is 1310. The minimum atomic E-state index is -1.04. The molecule has 0 fully saturated rings. The van der Waals surface area contributed by atoms with Crippen LogP contribution in [-0.2, 0) is 27.9 Å². The van der Waals surface area contributed by atoms with Gasteiger partial charge in [0.25, 0.3) is 0 Å². The van der Waals surface area contributed by atoms with Crippen LogP contribution in [0.1, 0.15) is 51.0 Å². The third-order valence-corrected chi connectivity index (χ3v) is 6.54. The van der Waals surface area contributed by atoms with E-state index >= 15 is 0 Å². The number of nitrogens with zero attached hydrogens (tertiary/aromatic N) is 3. The highest BCUT2D eigenvalue weighted by molar-refractivity contribution is 6.32. The zero-order valence-corrected chi connectivity index (χ0v) is 23.8. The Morgan fingerprint density at radius 2 is 1.90 bits per heavy atom. The van der Waals surface area contributed by atoms with Crippen LogP contribution in [0.3, 0.4) is 0 Å². The number of anilines is 1. The van der Waals surface area contributed by atoms with Crippen molar-refractivity contribution in [2.24, 2.45) is 7.05 Å². The zero-order chi connectivity index (χ0) is 29.4. The molecule has 3 rings (SSSR count). The number of carboxylic acids is 1. The molecule has 2 atom stereocenters. The number of amides is 2. The molecule has 214 valence electrons. The van der Waals surface area contributed by atoms with Crippen LogP contribution in [0, 0.1) is 0 Å². The molecule has 40 heavy (non-hydrogen) atoms. The summed E-state index contributed by atoms with van der Waals surface area (Å²) in [5, 5.41) is 22.0. The number of aliphatic carboxylic acids is 1. The van der Waals surface area contributed by atoms with Gasteiger partial charge in [0.05, 0.1) is 29.3 Å². The highest BCUT2D eigenvalue weighted by Gasteiger charge is 2.23. The number of aliphatic hydroxyl groups is 1. The lowest BCUT2D eigenvalue weighted by molar-refractivity contribution is -0.137. The maximum Gasteiger partial charge on any atom is 0.305 e. The number of benzene rings is 2. The number of carboxylic acid groups (broad SMARTS) is 1. The minimum absolute atomic E-state index is 0.0447. The van der Waals surface area contributed by atoms with Crippen LogP contribution < -0.4 is 15.0 Å². The van der Waals surface area contributed by atoms with Gasteiger partial charge in [-0.15, -0.1) is 0 Å². The average molecular weight is 571 g/mol. The fourth-order valence-electron chi connectivity index (χ4n) is 4.50. The molecule has 0 radical (unpaired) electrons. The summed E-state index contributed by atoms with van der Waals surface area (Å²) in [4.78, 5) is 41.2. The largest absolute Gasteiger partial charge is 0.489 e. The van der Waals surface area contributed by atoms with Gasteiger partial charge in [-0.2, -0.15) is 0 Å². The Morgan fingerprint density at radius 3 is 2.45 bits per heavy atom. The maximum atomic E-state index is 12.1. The summed E-state index contributed by atoms with van der Waals surface area (Å²) in [6, 6.07) is 11.7. The Labute approximate surface area is 238 Å². The highest BCUT2D eigenvalue weighted by atomic mass is 35.5. The molecule has 0 aliphatic carbocycles. The van der Waals surface area contributed by atoms with E-state index in [-0.39, 0.29) is 31.1 Å². The van der Waals surface area contributed by atoms with Gasteiger partial charge in [-0.1, -0.05) is 35.9 Å². The van der Waals surface area contributed by atoms with E-state index in [1.807, 2.05) is 38.1 Å². The summed E-state index contributed by atoms with van der Waals surface area (Å²) in [5.74, 6) is -0.421. The fraction of sp³-hybridized carbons (Fsp3) is 0.379. The van der Waals surface area contributed by atoms with E-state index in [9.17, 15) is 24.6 Å². The normalized spacial score (nSPS) is 12.6. The van der Waals surface area contributed by atoms with Crippen molar-refractivity contribution in [3.63, 3.8) is 0 Å². The molecule has 0 saturated heterocycles. The summed E-state index contributed by atoms with van der Waals surface area (Å²) in [6.07, 6.45) is 3.03. The number of imidazole rings is 1. The van der Waals surface area contributed by atoms with Crippen LogP contribution in [0.15, 0.2) is 48.7 Å². The standard InChI is InChI=1S/C29H35ClN4O6/c1-18(2)40-27-10-9-22(14-24(27)30)34(17-36)23(11-12-35)13-20-5-7-21(8-6-20)26-16-33(4)29(32-26)25(15-28(38)39)31-19(3)37/h5-10,14,16-18,23,25,35H,11-13,15H2,1-4H3,(H,31,37)(H,38,39)/t23-,25-/m1/s1. The summed E-state index contributed by atoms with van der Waals surface area (Å²) in [5.41, 5.74) is 2.98. The van der Waals surface area contributed by atoms with Gasteiger partial charge in [-0.25, -0.2) is 4.98 Å². The molecule has 0 aliphatic heterocycles. The number of aryl methyl sites for hydroxylation is 1. The minimum Gasteiger partial charge on any atom is -0.489 e. The molecule has 11 heteroatoms. The number of halogens is 1. The Morgan fingerprint density at radius 1 is 1.20 bits per heavy atom. The van der Waals surface area contributed by atoms with E-state index in [0.29, 0.717) is 40.8 Å². The quantitative estimate of drug-likeness (QED) is 0.248. The molecule has 0 spiro atoms. The van der Waals surface area contributed by atoms with Crippen molar-refractivity contribution in [3.05, 3.63) is 65.1 Å². The topological polar surface area (TPSA) is 134 Å². The molecular weight excluding hydrogens is 536 g/mol. The van der Waals surface area contributed by atoms with E-state index in [4.69, 9.17) is 16.3 Å². The van der Waals surface area contributed by atoms with Gasteiger partial charge in [0.15, 0.2) is 0 Å². The number of aromatic nitrogens is 2. The first-order valence-electron chi connectivity index (χ1n) is 12.9. The van der Waals surface area contributed by atoms with Crippen LogP contribution in [0.25, 0.3) is 11.3 Å². The van der Waals surface area contributed by atoms with Crippen LogP contribution >= 0.6 is 11.6 Å². The number of hydrogen-bond acceptors (Lipinski definition) is 6. The molecule has 1 heterocycles. The highest BCUT2D eigenvalue weighted by Crippen LogP contribution is 2.32. The second-order valence-electron chi connectivity index (χ2n) is 9.81. The summed E-state index contributed by atoms with van der Waals surface area (Å²) >= 11 is 6.40. The molecule has 0 aliphatic rings. The average Bonchev–Trinajstić information content (AvgIpc) is 3.27. The smallest absolute Gasteiger partial charge is 0.305 e. The van der Waals surface area contributed by atoms with Crippen molar-refractivity contribution >= 4 is 35.6 Å². The molecule has 3 aromatic rings. The number of aliphatic hydroxyl groups excluding tert-OH is 1. The lowest BCUT2D eigenvalue weighted by Gasteiger charge is -2.29. The second kappa shape index (κ2) is 14.0. The molecule has 2 amide bonds. The number of nitrogens with one attached hydrogen (secondary N) is 1. The summed E-state index contributed by atoms with van der Waals surface area (Å²) in [6.45, 7) is 5.04.